The molecule has 0 radical (unpaired) electrons. The summed E-state index contributed by atoms with van der Waals surface area (Å²) in [6, 6.07) is 13.3. The fourth-order valence-corrected chi connectivity index (χ4v) is 3.32. The van der Waals surface area contributed by atoms with E-state index in [4.69, 9.17) is 0 Å². The molecule has 1 N–H and O–H groups in total. The van der Waals surface area contributed by atoms with Crippen molar-refractivity contribution < 1.29 is 9.59 Å². The Balaban J connectivity index is 1.77. The molecule has 5 heteroatoms. The molecule has 0 spiro atoms. The van der Waals surface area contributed by atoms with Gasteiger partial charge in [-0.15, -0.1) is 0 Å². The minimum absolute atomic E-state index is 0.133. The summed E-state index contributed by atoms with van der Waals surface area (Å²) < 4.78 is 0. The van der Waals surface area contributed by atoms with Crippen molar-refractivity contribution in [1.29, 1.82) is 0 Å². The van der Waals surface area contributed by atoms with Gasteiger partial charge in [-0.1, -0.05) is 13.8 Å². The Kier molecular flexibility index (Phi) is 5.49. The van der Waals surface area contributed by atoms with Gasteiger partial charge in [0.05, 0.1) is 0 Å². The lowest BCUT2D eigenvalue weighted by atomic mass is 9.99. The van der Waals surface area contributed by atoms with E-state index in [-0.39, 0.29) is 11.8 Å². The summed E-state index contributed by atoms with van der Waals surface area (Å²) in [5.41, 5.74) is 4.50. The van der Waals surface area contributed by atoms with Crippen molar-refractivity contribution in [2.24, 2.45) is 5.92 Å². The monoisotopic (exact) mass is 365 g/mol. The molecule has 1 aliphatic heterocycles. The van der Waals surface area contributed by atoms with E-state index in [9.17, 15) is 9.59 Å². The van der Waals surface area contributed by atoms with E-state index in [1.165, 1.54) is 0 Å². The van der Waals surface area contributed by atoms with E-state index in [0.717, 1.165) is 29.2 Å². The van der Waals surface area contributed by atoms with Crippen molar-refractivity contribution in [2.75, 3.05) is 35.8 Å². The van der Waals surface area contributed by atoms with Gasteiger partial charge < -0.3 is 15.1 Å². The number of benzene rings is 2. The zero-order chi connectivity index (χ0) is 19.6. The summed E-state index contributed by atoms with van der Waals surface area (Å²) >= 11 is 0. The zero-order valence-corrected chi connectivity index (χ0v) is 16.5. The number of rotatable bonds is 5. The largest absolute Gasteiger partial charge is 0.378 e. The molecule has 1 heterocycles. The molecule has 0 bridgehead atoms. The third-order valence-electron chi connectivity index (χ3n) is 4.73. The van der Waals surface area contributed by atoms with Crippen LogP contribution in [-0.4, -0.2) is 32.5 Å². The summed E-state index contributed by atoms with van der Waals surface area (Å²) in [5.74, 6) is 0.449. The standard InChI is InChI=1S/C22H27N3O2/c1-15(2)14-25-20-11-8-18(13-17(20)7-12-21(25)26)23-22(27)16-5-9-19(10-6-16)24(3)4/h5-6,8-11,13,15H,7,12,14H2,1-4H3,(H,23,27). The maximum absolute atomic E-state index is 12.5. The van der Waals surface area contributed by atoms with Crippen molar-refractivity contribution in [1.82, 2.24) is 0 Å². The lowest BCUT2D eigenvalue weighted by Gasteiger charge is -2.31. The van der Waals surface area contributed by atoms with Gasteiger partial charge in [-0.05, 0) is 60.4 Å². The van der Waals surface area contributed by atoms with Crippen LogP contribution in [-0.2, 0) is 11.2 Å². The van der Waals surface area contributed by atoms with Gasteiger partial charge in [-0.3, -0.25) is 9.59 Å². The number of nitrogens with one attached hydrogen (secondary N) is 1. The summed E-state index contributed by atoms with van der Waals surface area (Å²) in [7, 11) is 3.94. The molecule has 0 saturated carbocycles. The van der Waals surface area contributed by atoms with Gasteiger partial charge in [-0.2, -0.15) is 0 Å². The van der Waals surface area contributed by atoms with Crippen molar-refractivity contribution in [3.05, 3.63) is 53.6 Å². The first kappa shape index (κ1) is 19.0. The van der Waals surface area contributed by atoms with E-state index >= 15 is 0 Å². The van der Waals surface area contributed by atoms with Gasteiger partial charge in [0.25, 0.3) is 5.91 Å². The molecular formula is C22H27N3O2. The molecule has 2 amide bonds. The van der Waals surface area contributed by atoms with E-state index in [2.05, 4.69) is 19.2 Å². The Hall–Kier alpha value is -2.82. The lowest BCUT2D eigenvalue weighted by Crippen LogP contribution is -2.37. The second-order valence-electron chi connectivity index (χ2n) is 7.64. The van der Waals surface area contributed by atoms with Crippen LogP contribution in [0.3, 0.4) is 0 Å². The van der Waals surface area contributed by atoms with Crippen molar-refractivity contribution in [2.45, 2.75) is 26.7 Å². The van der Waals surface area contributed by atoms with Crippen LogP contribution in [0.1, 0.15) is 36.2 Å². The van der Waals surface area contributed by atoms with Gasteiger partial charge in [0, 0.05) is 49.7 Å². The Bertz CT molecular complexity index is 841. The second-order valence-corrected chi connectivity index (χ2v) is 7.64. The van der Waals surface area contributed by atoms with E-state index in [0.29, 0.717) is 24.3 Å². The van der Waals surface area contributed by atoms with Gasteiger partial charge in [0.2, 0.25) is 5.91 Å². The van der Waals surface area contributed by atoms with Crippen LogP contribution < -0.4 is 15.1 Å². The second kappa shape index (κ2) is 7.82. The molecule has 27 heavy (non-hydrogen) atoms. The Labute approximate surface area is 161 Å². The van der Waals surface area contributed by atoms with Crippen LogP contribution >= 0.6 is 0 Å². The van der Waals surface area contributed by atoms with E-state index in [1.54, 1.807) is 0 Å². The highest BCUT2D eigenvalue weighted by Gasteiger charge is 2.25. The molecule has 0 aromatic heterocycles. The van der Waals surface area contributed by atoms with Crippen LogP contribution in [0.2, 0.25) is 0 Å². The zero-order valence-electron chi connectivity index (χ0n) is 16.5. The van der Waals surface area contributed by atoms with Crippen LogP contribution in [0.5, 0.6) is 0 Å². The highest BCUT2D eigenvalue weighted by atomic mass is 16.2. The average Bonchev–Trinajstić information content (AvgIpc) is 2.64. The molecule has 3 rings (SSSR count). The van der Waals surface area contributed by atoms with E-state index in [1.807, 2.05) is 66.4 Å². The maximum atomic E-state index is 12.5. The number of anilines is 3. The number of carbonyl (C=O) groups excluding carboxylic acids is 2. The minimum atomic E-state index is -0.133. The summed E-state index contributed by atoms with van der Waals surface area (Å²) in [6.45, 7) is 4.94. The highest BCUT2D eigenvalue weighted by molar-refractivity contribution is 6.05. The fourth-order valence-electron chi connectivity index (χ4n) is 3.32. The first-order valence-corrected chi connectivity index (χ1v) is 9.37. The summed E-state index contributed by atoms with van der Waals surface area (Å²) in [4.78, 5) is 28.7. The fraction of sp³-hybridized carbons (Fsp3) is 0.364. The van der Waals surface area contributed by atoms with Gasteiger partial charge in [-0.25, -0.2) is 0 Å². The number of aryl methyl sites for hydroxylation is 1. The Morgan fingerprint density at radius 2 is 1.81 bits per heavy atom. The number of amides is 2. The molecular weight excluding hydrogens is 338 g/mol. The average molecular weight is 365 g/mol. The van der Waals surface area contributed by atoms with Crippen LogP contribution in [0.15, 0.2) is 42.5 Å². The maximum Gasteiger partial charge on any atom is 0.255 e. The van der Waals surface area contributed by atoms with Crippen LogP contribution in [0, 0.1) is 5.92 Å². The third-order valence-corrected chi connectivity index (χ3v) is 4.73. The molecule has 0 unspecified atom stereocenters. The molecule has 0 saturated heterocycles. The third kappa shape index (κ3) is 4.30. The molecule has 0 aliphatic carbocycles. The Morgan fingerprint density at radius 1 is 1.11 bits per heavy atom. The first-order valence-electron chi connectivity index (χ1n) is 9.37. The molecule has 2 aromatic rings. The predicted molar refractivity (Wildman–Crippen MR) is 111 cm³/mol. The van der Waals surface area contributed by atoms with Crippen molar-refractivity contribution >= 4 is 28.9 Å². The number of nitrogens with zero attached hydrogens (tertiary/aromatic N) is 2. The predicted octanol–water partition coefficient (Wildman–Crippen LogP) is 3.94. The molecule has 2 aromatic carbocycles. The summed E-state index contributed by atoms with van der Waals surface area (Å²) in [5, 5.41) is 2.97. The number of fused-ring (bicyclic) bond motifs is 1. The minimum Gasteiger partial charge on any atom is -0.378 e. The normalized spacial score (nSPS) is 13.5. The highest BCUT2D eigenvalue weighted by Crippen LogP contribution is 2.31. The Morgan fingerprint density at radius 3 is 2.44 bits per heavy atom. The molecule has 5 nitrogen and oxygen atoms in total. The lowest BCUT2D eigenvalue weighted by molar-refractivity contribution is -0.119. The van der Waals surface area contributed by atoms with Gasteiger partial charge >= 0.3 is 0 Å². The van der Waals surface area contributed by atoms with Gasteiger partial charge in [0.1, 0.15) is 0 Å². The number of hydrogen-bond donors (Lipinski definition) is 1. The quantitative estimate of drug-likeness (QED) is 0.873. The van der Waals surface area contributed by atoms with Gasteiger partial charge in [0.15, 0.2) is 0 Å². The summed E-state index contributed by atoms with van der Waals surface area (Å²) in [6.07, 6.45) is 1.23. The number of hydrogen-bond acceptors (Lipinski definition) is 3. The number of carbonyl (C=O) groups is 2. The van der Waals surface area contributed by atoms with Crippen LogP contribution in [0.25, 0.3) is 0 Å². The molecule has 142 valence electrons. The van der Waals surface area contributed by atoms with Crippen molar-refractivity contribution in [3.8, 4) is 0 Å². The molecule has 0 fully saturated rings. The van der Waals surface area contributed by atoms with E-state index < -0.39 is 0 Å². The SMILES string of the molecule is CC(C)CN1C(=O)CCc2cc(NC(=O)c3ccc(N(C)C)cc3)ccc21. The van der Waals surface area contributed by atoms with Crippen LogP contribution in [0.4, 0.5) is 17.1 Å². The molecule has 0 atom stereocenters. The first-order chi connectivity index (χ1) is 12.8. The van der Waals surface area contributed by atoms with Crippen molar-refractivity contribution in [3.63, 3.8) is 0 Å². The topological polar surface area (TPSA) is 52.7 Å². The molecule has 1 aliphatic rings. The smallest absolute Gasteiger partial charge is 0.255 e.